The van der Waals surface area contributed by atoms with Crippen LogP contribution < -0.4 is 10.9 Å². The highest BCUT2D eigenvalue weighted by Crippen LogP contribution is 2.20. The Balaban J connectivity index is 2.29. The first kappa shape index (κ1) is 17.6. The highest BCUT2D eigenvalue weighted by atomic mass is 35.5. The summed E-state index contributed by atoms with van der Waals surface area (Å²) in [5, 5.41) is 3.49. The van der Waals surface area contributed by atoms with E-state index in [2.05, 4.69) is 19.2 Å². The van der Waals surface area contributed by atoms with Gasteiger partial charge in [0.05, 0.1) is 23.1 Å². The summed E-state index contributed by atoms with van der Waals surface area (Å²) in [4.78, 5) is 18.1. The molecule has 3 rings (SSSR count). The van der Waals surface area contributed by atoms with Crippen molar-refractivity contribution in [1.29, 1.82) is 0 Å². The van der Waals surface area contributed by atoms with Gasteiger partial charge in [-0.05, 0) is 36.8 Å². The van der Waals surface area contributed by atoms with E-state index in [9.17, 15) is 4.79 Å². The fourth-order valence-corrected chi connectivity index (χ4v) is 3.27. The Hall–Kier alpha value is -2.17. The van der Waals surface area contributed by atoms with Crippen molar-refractivity contribution >= 4 is 22.5 Å². The molecule has 3 aromatic rings. The number of rotatable bonds is 6. The number of nitrogens with two attached hydrogens (primary N) is 1. The number of para-hydroxylation sites is 1. The van der Waals surface area contributed by atoms with Crippen molar-refractivity contribution in [3.8, 4) is 5.69 Å². The van der Waals surface area contributed by atoms with Gasteiger partial charge >= 0.3 is 0 Å². The maximum atomic E-state index is 13.2. The molecule has 0 amide bonds. The quantitative estimate of drug-likeness (QED) is 0.735. The van der Waals surface area contributed by atoms with E-state index in [4.69, 9.17) is 16.6 Å². The first-order valence-electron chi connectivity index (χ1n) is 8.76. The van der Waals surface area contributed by atoms with Crippen LogP contribution in [0.25, 0.3) is 16.6 Å². The van der Waals surface area contributed by atoms with Crippen molar-refractivity contribution in [3.63, 3.8) is 0 Å². The number of halogens is 1. The van der Waals surface area contributed by atoms with Crippen molar-refractivity contribution in [2.45, 2.75) is 32.7 Å². The van der Waals surface area contributed by atoms with E-state index in [1.807, 2.05) is 48.5 Å². The van der Waals surface area contributed by atoms with Crippen LogP contribution in [0.2, 0.25) is 5.02 Å². The molecule has 0 unspecified atom stereocenters. The van der Waals surface area contributed by atoms with Crippen LogP contribution in [0.1, 0.15) is 38.6 Å². The zero-order chi connectivity index (χ0) is 17.8. The fraction of sp³-hybridized carbons (Fsp3) is 0.300. The average Bonchev–Trinajstić information content (AvgIpc) is 2.62. The van der Waals surface area contributed by atoms with E-state index in [0.29, 0.717) is 10.4 Å². The number of nitrogens with zero attached hydrogens (tertiary/aromatic N) is 2. The second-order valence-corrected chi connectivity index (χ2v) is 6.58. The molecule has 2 aromatic carbocycles. The lowest BCUT2D eigenvalue weighted by atomic mass is 10.1. The Labute approximate surface area is 152 Å². The van der Waals surface area contributed by atoms with E-state index in [-0.39, 0.29) is 11.6 Å². The summed E-state index contributed by atoms with van der Waals surface area (Å²) in [7, 11) is 0. The van der Waals surface area contributed by atoms with Crippen LogP contribution in [0, 0.1) is 0 Å². The summed E-state index contributed by atoms with van der Waals surface area (Å²) in [6.45, 7) is 5.28. The molecule has 1 aromatic heterocycles. The lowest BCUT2D eigenvalue weighted by Gasteiger charge is -2.19. The van der Waals surface area contributed by atoms with E-state index in [1.165, 1.54) is 0 Å². The number of aromatic nitrogens is 2. The Morgan fingerprint density at radius 3 is 2.68 bits per heavy atom. The standard InChI is InChI=1S/C20H22ClN3O/c1-3-12-22-17(4-2)19-23-18-11-6-5-10-16(18)20(25)24(19)15-9-7-8-14(21)13-15/h5-11,13,17,22H,3-4,12H2,1-2H3/p+1/t17-/m0/s1. The number of quaternary nitrogens is 1. The summed E-state index contributed by atoms with van der Waals surface area (Å²) in [5.41, 5.74) is 1.45. The SMILES string of the molecule is CCC[NH2+][C@@H](CC)c1nc2ccccc2c(=O)n1-c1cccc(Cl)c1. The van der Waals surface area contributed by atoms with Gasteiger partial charge in [0.25, 0.3) is 5.56 Å². The Kier molecular flexibility index (Phi) is 5.51. The van der Waals surface area contributed by atoms with Crippen molar-refractivity contribution in [1.82, 2.24) is 9.55 Å². The van der Waals surface area contributed by atoms with Crippen LogP contribution in [0.15, 0.2) is 53.3 Å². The smallest absolute Gasteiger partial charge is 0.266 e. The molecule has 130 valence electrons. The number of hydrogen-bond acceptors (Lipinski definition) is 2. The summed E-state index contributed by atoms with van der Waals surface area (Å²) < 4.78 is 1.72. The van der Waals surface area contributed by atoms with Crippen LogP contribution >= 0.6 is 11.6 Å². The topological polar surface area (TPSA) is 51.5 Å². The van der Waals surface area contributed by atoms with Crippen LogP contribution in [0.3, 0.4) is 0 Å². The Morgan fingerprint density at radius 2 is 1.96 bits per heavy atom. The van der Waals surface area contributed by atoms with Gasteiger partial charge in [-0.2, -0.15) is 0 Å². The summed E-state index contributed by atoms with van der Waals surface area (Å²) >= 11 is 6.17. The van der Waals surface area contributed by atoms with Gasteiger partial charge in [-0.1, -0.05) is 43.6 Å². The third-order valence-corrected chi connectivity index (χ3v) is 4.61. The molecular weight excluding hydrogens is 334 g/mol. The Morgan fingerprint density at radius 1 is 1.16 bits per heavy atom. The number of fused-ring (bicyclic) bond motifs is 1. The van der Waals surface area contributed by atoms with Crippen molar-refractivity contribution in [2.75, 3.05) is 6.54 Å². The first-order valence-corrected chi connectivity index (χ1v) is 9.14. The highest BCUT2D eigenvalue weighted by molar-refractivity contribution is 6.30. The monoisotopic (exact) mass is 356 g/mol. The zero-order valence-electron chi connectivity index (χ0n) is 14.6. The molecule has 0 aliphatic heterocycles. The predicted octanol–water partition coefficient (Wildman–Crippen LogP) is 3.46. The molecule has 5 heteroatoms. The molecule has 2 N–H and O–H groups in total. The molecule has 1 heterocycles. The van der Waals surface area contributed by atoms with Crippen LogP contribution in [-0.2, 0) is 0 Å². The van der Waals surface area contributed by atoms with Crippen molar-refractivity contribution < 1.29 is 5.32 Å². The Bertz CT molecular complexity index is 936. The molecule has 0 saturated heterocycles. The lowest BCUT2D eigenvalue weighted by Crippen LogP contribution is -2.85. The second-order valence-electron chi connectivity index (χ2n) is 6.15. The average molecular weight is 357 g/mol. The van der Waals surface area contributed by atoms with E-state index in [0.717, 1.165) is 36.4 Å². The molecule has 0 radical (unpaired) electrons. The molecule has 0 aliphatic carbocycles. The van der Waals surface area contributed by atoms with E-state index >= 15 is 0 Å². The zero-order valence-corrected chi connectivity index (χ0v) is 15.3. The summed E-state index contributed by atoms with van der Waals surface area (Å²) in [6.07, 6.45) is 1.97. The van der Waals surface area contributed by atoms with Crippen LogP contribution in [0.5, 0.6) is 0 Å². The normalized spacial score (nSPS) is 12.4. The van der Waals surface area contributed by atoms with Crippen molar-refractivity contribution in [3.05, 3.63) is 69.7 Å². The van der Waals surface area contributed by atoms with Gasteiger partial charge in [0.2, 0.25) is 0 Å². The molecule has 1 atom stereocenters. The van der Waals surface area contributed by atoms with Crippen LogP contribution in [-0.4, -0.2) is 16.1 Å². The molecule has 0 aliphatic rings. The van der Waals surface area contributed by atoms with Gasteiger partial charge in [-0.15, -0.1) is 0 Å². The maximum absolute atomic E-state index is 13.2. The summed E-state index contributed by atoms with van der Waals surface area (Å²) in [5.74, 6) is 0.780. The van der Waals surface area contributed by atoms with Gasteiger partial charge in [0, 0.05) is 11.4 Å². The minimum atomic E-state index is -0.0498. The molecule has 0 spiro atoms. The molecular formula is C20H23ClN3O+. The molecule has 0 bridgehead atoms. The third-order valence-electron chi connectivity index (χ3n) is 4.38. The van der Waals surface area contributed by atoms with Crippen molar-refractivity contribution in [2.24, 2.45) is 0 Å². The van der Waals surface area contributed by atoms with Gasteiger partial charge in [-0.3, -0.25) is 9.36 Å². The largest absolute Gasteiger partial charge is 0.338 e. The maximum Gasteiger partial charge on any atom is 0.266 e. The second kappa shape index (κ2) is 7.81. The van der Waals surface area contributed by atoms with E-state index in [1.54, 1.807) is 4.57 Å². The van der Waals surface area contributed by atoms with E-state index < -0.39 is 0 Å². The lowest BCUT2D eigenvalue weighted by molar-refractivity contribution is -0.697. The van der Waals surface area contributed by atoms with Gasteiger partial charge in [0.1, 0.15) is 6.04 Å². The molecule has 4 nitrogen and oxygen atoms in total. The first-order chi connectivity index (χ1) is 12.2. The van der Waals surface area contributed by atoms with Gasteiger partial charge < -0.3 is 5.32 Å². The van der Waals surface area contributed by atoms with Gasteiger partial charge in [-0.25, -0.2) is 4.98 Å². The molecule has 0 fully saturated rings. The highest BCUT2D eigenvalue weighted by Gasteiger charge is 2.22. The third kappa shape index (κ3) is 3.60. The summed E-state index contributed by atoms with van der Waals surface area (Å²) in [6, 6.07) is 15.0. The predicted molar refractivity (Wildman–Crippen MR) is 102 cm³/mol. The molecule has 25 heavy (non-hydrogen) atoms. The fourth-order valence-electron chi connectivity index (χ4n) is 3.09. The van der Waals surface area contributed by atoms with Crippen LogP contribution in [0.4, 0.5) is 0 Å². The minimum Gasteiger partial charge on any atom is -0.338 e. The van der Waals surface area contributed by atoms with Gasteiger partial charge in [0.15, 0.2) is 5.82 Å². The molecule has 0 saturated carbocycles. The minimum absolute atomic E-state index is 0.0498. The number of benzene rings is 2. The number of hydrogen-bond donors (Lipinski definition) is 1.